The molecule has 3 heterocycles. The Bertz CT molecular complexity index is 766. The van der Waals surface area contributed by atoms with Crippen LogP contribution in [-0.4, -0.2) is 53.2 Å². The van der Waals surface area contributed by atoms with Crippen LogP contribution in [0.4, 0.5) is 0 Å². The maximum Gasteiger partial charge on any atom is 0.255 e. The molecule has 106 valence electrons. The SMILES string of the molecule is CN(C(=O)c1ccc2nccn2c1)C1CCS(=O)(=O)C1. The first-order valence-electron chi connectivity index (χ1n) is 6.36. The van der Waals surface area contributed by atoms with Gasteiger partial charge in [-0.1, -0.05) is 0 Å². The van der Waals surface area contributed by atoms with E-state index in [0.29, 0.717) is 12.0 Å². The smallest absolute Gasteiger partial charge is 0.255 e. The van der Waals surface area contributed by atoms with Gasteiger partial charge in [-0.05, 0) is 18.6 Å². The van der Waals surface area contributed by atoms with Crippen LogP contribution in [0.3, 0.4) is 0 Å². The average Bonchev–Trinajstić information content (AvgIpc) is 3.02. The number of nitrogens with zero attached hydrogens (tertiary/aromatic N) is 3. The Morgan fingerprint density at radius 2 is 2.25 bits per heavy atom. The van der Waals surface area contributed by atoms with Gasteiger partial charge in [0, 0.05) is 31.7 Å². The van der Waals surface area contributed by atoms with Gasteiger partial charge in [-0.15, -0.1) is 0 Å². The number of aromatic nitrogens is 2. The minimum atomic E-state index is -2.99. The van der Waals surface area contributed by atoms with Crippen LogP contribution < -0.4 is 0 Å². The maximum atomic E-state index is 12.4. The van der Waals surface area contributed by atoms with Crippen LogP contribution >= 0.6 is 0 Å². The molecular weight excluding hydrogens is 278 g/mol. The van der Waals surface area contributed by atoms with E-state index >= 15 is 0 Å². The van der Waals surface area contributed by atoms with Crippen molar-refractivity contribution < 1.29 is 13.2 Å². The number of imidazole rings is 1. The van der Waals surface area contributed by atoms with Gasteiger partial charge in [0.25, 0.3) is 5.91 Å². The van der Waals surface area contributed by atoms with E-state index in [0.717, 1.165) is 5.65 Å². The van der Waals surface area contributed by atoms with Gasteiger partial charge in [0.2, 0.25) is 0 Å². The van der Waals surface area contributed by atoms with Gasteiger partial charge < -0.3 is 9.30 Å². The Morgan fingerprint density at radius 3 is 2.95 bits per heavy atom. The Balaban J connectivity index is 1.84. The summed E-state index contributed by atoms with van der Waals surface area (Å²) in [5.74, 6) is 0.0565. The largest absolute Gasteiger partial charge is 0.338 e. The van der Waals surface area contributed by atoms with E-state index in [9.17, 15) is 13.2 Å². The van der Waals surface area contributed by atoms with Gasteiger partial charge in [0.1, 0.15) is 5.65 Å². The summed E-state index contributed by atoms with van der Waals surface area (Å²) in [6.07, 6.45) is 5.66. The van der Waals surface area contributed by atoms with E-state index in [2.05, 4.69) is 4.98 Å². The lowest BCUT2D eigenvalue weighted by atomic mass is 10.2. The van der Waals surface area contributed by atoms with Gasteiger partial charge in [0.05, 0.1) is 17.1 Å². The molecule has 1 aliphatic heterocycles. The summed E-state index contributed by atoms with van der Waals surface area (Å²) in [5, 5.41) is 0. The summed E-state index contributed by atoms with van der Waals surface area (Å²) in [6, 6.07) is 3.25. The van der Waals surface area contributed by atoms with E-state index in [-0.39, 0.29) is 23.5 Å². The second-order valence-electron chi connectivity index (χ2n) is 5.08. The predicted molar refractivity (Wildman–Crippen MR) is 74.3 cm³/mol. The summed E-state index contributed by atoms with van der Waals surface area (Å²) < 4.78 is 24.8. The summed E-state index contributed by atoms with van der Waals surface area (Å²) in [6.45, 7) is 0. The summed E-state index contributed by atoms with van der Waals surface area (Å²) >= 11 is 0. The minimum Gasteiger partial charge on any atom is -0.338 e. The predicted octanol–water partition coefficient (Wildman–Crippen LogP) is 0.593. The fourth-order valence-electron chi connectivity index (χ4n) is 2.50. The monoisotopic (exact) mass is 293 g/mol. The molecule has 0 spiro atoms. The van der Waals surface area contributed by atoms with Crippen LogP contribution in [-0.2, 0) is 9.84 Å². The molecule has 1 saturated heterocycles. The molecule has 20 heavy (non-hydrogen) atoms. The molecule has 3 rings (SSSR count). The number of pyridine rings is 1. The first kappa shape index (κ1) is 13.1. The zero-order valence-corrected chi connectivity index (χ0v) is 11.9. The van der Waals surface area contributed by atoms with Crippen molar-refractivity contribution in [2.24, 2.45) is 0 Å². The number of fused-ring (bicyclic) bond motifs is 1. The van der Waals surface area contributed by atoms with Crippen LogP contribution in [0.25, 0.3) is 5.65 Å². The Labute approximate surface area is 116 Å². The van der Waals surface area contributed by atoms with Crippen molar-refractivity contribution in [2.75, 3.05) is 18.6 Å². The molecule has 1 atom stereocenters. The molecule has 1 amide bonds. The Hall–Kier alpha value is -1.89. The van der Waals surface area contributed by atoms with Crippen molar-refractivity contribution >= 4 is 21.4 Å². The van der Waals surface area contributed by atoms with E-state index in [1.165, 1.54) is 4.90 Å². The molecular formula is C13H15N3O3S. The maximum absolute atomic E-state index is 12.4. The first-order chi connectivity index (χ1) is 9.46. The first-order valence-corrected chi connectivity index (χ1v) is 8.19. The summed E-state index contributed by atoms with van der Waals surface area (Å²) in [5.41, 5.74) is 1.30. The lowest BCUT2D eigenvalue weighted by Crippen LogP contribution is -2.37. The highest BCUT2D eigenvalue weighted by Gasteiger charge is 2.33. The van der Waals surface area contributed by atoms with Gasteiger partial charge in [-0.2, -0.15) is 0 Å². The van der Waals surface area contributed by atoms with Gasteiger partial charge in [0.15, 0.2) is 9.84 Å². The highest BCUT2D eigenvalue weighted by atomic mass is 32.2. The van der Waals surface area contributed by atoms with Gasteiger partial charge in [-0.3, -0.25) is 4.79 Å². The van der Waals surface area contributed by atoms with Crippen LogP contribution in [0, 0.1) is 0 Å². The number of hydrogen-bond donors (Lipinski definition) is 0. The molecule has 0 aromatic carbocycles. The highest BCUT2D eigenvalue weighted by Crippen LogP contribution is 2.18. The van der Waals surface area contributed by atoms with Crippen molar-refractivity contribution in [1.29, 1.82) is 0 Å². The minimum absolute atomic E-state index is 0.0581. The molecule has 2 aromatic heterocycles. The molecule has 0 N–H and O–H groups in total. The fourth-order valence-corrected chi connectivity index (χ4v) is 4.27. The van der Waals surface area contributed by atoms with Crippen LogP contribution in [0.5, 0.6) is 0 Å². The third-order valence-corrected chi connectivity index (χ3v) is 5.46. The lowest BCUT2D eigenvalue weighted by molar-refractivity contribution is 0.0747. The lowest BCUT2D eigenvalue weighted by Gasteiger charge is -2.23. The number of amides is 1. The molecule has 1 fully saturated rings. The molecule has 0 aliphatic carbocycles. The molecule has 0 bridgehead atoms. The molecule has 0 saturated carbocycles. The standard InChI is InChI=1S/C13H15N3O3S/c1-15(11-4-7-20(18,19)9-11)13(17)10-2-3-12-14-5-6-16(12)8-10/h2-3,5-6,8,11H,4,7,9H2,1H3. The van der Waals surface area contributed by atoms with E-state index in [1.54, 1.807) is 42.2 Å². The number of carbonyl (C=O) groups excluding carboxylic acids is 1. The van der Waals surface area contributed by atoms with Crippen LogP contribution in [0.15, 0.2) is 30.7 Å². The highest BCUT2D eigenvalue weighted by molar-refractivity contribution is 7.91. The van der Waals surface area contributed by atoms with Crippen LogP contribution in [0.1, 0.15) is 16.8 Å². The van der Waals surface area contributed by atoms with Crippen molar-refractivity contribution in [3.05, 3.63) is 36.3 Å². The molecule has 6 nitrogen and oxygen atoms in total. The van der Waals surface area contributed by atoms with E-state index in [4.69, 9.17) is 0 Å². The zero-order chi connectivity index (χ0) is 14.3. The van der Waals surface area contributed by atoms with E-state index in [1.807, 2.05) is 0 Å². The number of rotatable bonds is 2. The van der Waals surface area contributed by atoms with Crippen LogP contribution in [0.2, 0.25) is 0 Å². The summed E-state index contributed by atoms with van der Waals surface area (Å²) in [4.78, 5) is 18.1. The topological polar surface area (TPSA) is 71.8 Å². The third-order valence-electron chi connectivity index (χ3n) is 3.71. The zero-order valence-electron chi connectivity index (χ0n) is 11.1. The number of carbonyl (C=O) groups is 1. The second-order valence-corrected chi connectivity index (χ2v) is 7.31. The Kier molecular flexibility index (Phi) is 3.01. The fraction of sp³-hybridized carbons (Fsp3) is 0.385. The molecule has 7 heteroatoms. The van der Waals surface area contributed by atoms with Crippen molar-refractivity contribution in [3.63, 3.8) is 0 Å². The van der Waals surface area contributed by atoms with Gasteiger partial charge >= 0.3 is 0 Å². The molecule has 0 radical (unpaired) electrons. The van der Waals surface area contributed by atoms with Crippen molar-refractivity contribution in [2.45, 2.75) is 12.5 Å². The molecule has 1 aliphatic rings. The number of hydrogen-bond acceptors (Lipinski definition) is 4. The molecule has 2 aromatic rings. The number of sulfone groups is 1. The Morgan fingerprint density at radius 1 is 1.45 bits per heavy atom. The van der Waals surface area contributed by atoms with Gasteiger partial charge in [-0.25, -0.2) is 13.4 Å². The summed E-state index contributed by atoms with van der Waals surface area (Å²) in [7, 11) is -1.33. The average molecular weight is 293 g/mol. The normalized spacial score (nSPS) is 21.1. The quantitative estimate of drug-likeness (QED) is 0.812. The second kappa shape index (κ2) is 4.59. The van der Waals surface area contributed by atoms with Crippen molar-refractivity contribution in [1.82, 2.24) is 14.3 Å². The molecule has 1 unspecified atom stereocenters. The third kappa shape index (κ3) is 2.29. The van der Waals surface area contributed by atoms with E-state index < -0.39 is 9.84 Å². The van der Waals surface area contributed by atoms with Crippen molar-refractivity contribution in [3.8, 4) is 0 Å².